The van der Waals surface area contributed by atoms with Crippen LogP contribution in [0.25, 0.3) is 22.3 Å². The maximum atomic E-state index is 14.3. The van der Waals surface area contributed by atoms with Gasteiger partial charge in [-0.25, -0.2) is 0 Å². The van der Waals surface area contributed by atoms with Crippen LogP contribution in [-0.4, -0.2) is 11.6 Å². The van der Waals surface area contributed by atoms with Crippen molar-refractivity contribution < 1.29 is 9.59 Å². The molecular formula is C36H30O2. The first-order valence-corrected chi connectivity index (χ1v) is 13.2. The normalized spacial score (nSPS) is 10.8. The fourth-order valence-corrected chi connectivity index (χ4v) is 5.18. The molecule has 0 aliphatic carbocycles. The summed E-state index contributed by atoms with van der Waals surface area (Å²) in [6.07, 6.45) is 1.43. The standard InChI is InChI=1S/C36H30O2/c1-3-25-24-32(30-22-14-21-29(23-30)26-15-8-5-9-16-26)34(36(38)28-19-12-7-13-20-28)33(31(25)4-2)35(37)27-17-10-6-11-18-27/h5-24H,3-4H2,1-2H3. The maximum absolute atomic E-state index is 14.3. The monoisotopic (exact) mass is 494 g/mol. The lowest BCUT2D eigenvalue weighted by Crippen LogP contribution is -2.17. The predicted octanol–water partition coefficient (Wildman–Crippen LogP) is 8.61. The lowest BCUT2D eigenvalue weighted by molar-refractivity contribution is 0.100. The molecule has 0 unspecified atom stereocenters. The van der Waals surface area contributed by atoms with E-state index in [1.54, 1.807) is 0 Å². The molecule has 0 fully saturated rings. The van der Waals surface area contributed by atoms with Gasteiger partial charge in [-0.15, -0.1) is 0 Å². The number of hydrogen-bond acceptors (Lipinski definition) is 2. The van der Waals surface area contributed by atoms with E-state index in [0.717, 1.165) is 39.8 Å². The lowest BCUT2D eigenvalue weighted by atomic mass is 9.80. The Bertz CT molecular complexity index is 1580. The van der Waals surface area contributed by atoms with Crippen LogP contribution in [0, 0.1) is 0 Å². The van der Waals surface area contributed by atoms with Gasteiger partial charge < -0.3 is 0 Å². The van der Waals surface area contributed by atoms with Gasteiger partial charge in [0.2, 0.25) is 0 Å². The van der Waals surface area contributed by atoms with Gasteiger partial charge in [-0.05, 0) is 52.3 Å². The van der Waals surface area contributed by atoms with Gasteiger partial charge in [0, 0.05) is 22.3 Å². The van der Waals surface area contributed by atoms with Crippen LogP contribution in [-0.2, 0) is 12.8 Å². The average molecular weight is 495 g/mol. The van der Waals surface area contributed by atoms with E-state index in [1.165, 1.54) is 0 Å². The molecule has 5 rings (SSSR count). The highest BCUT2D eigenvalue weighted by molar-refractivity contribution is 6.23. The van der Waals surface area contributed by atoms with Crippen molar-refractivity contribution in [2.24, 2.45) is 0 Å². The molecule has 186 valence electrons. The highest BCUT2D eigenvalue weighted by Gasteiger charge is 2.28. The van der Waals surface area contributed by atoms with Crippen LogP contribution in [0.1, 0.15) is 56.8 Å². The van der Waals surface area contributed by atoms with Crippen molar-refractivity contribution in [3.05, 3.63) is 155 Å². The van der Waals surface area contributed by atoms with Gasteiger partial charge in [-0.1, -0.05) is 129 Å². The molecule has 0 amide bonds. The molecular weight excluding hydrogens is 464 g/mol. The highest BCUT2D eigenvalue weighted by Crippen LogP contribution is 2.36. The van der Waals surface area contributed by atoms with Gasteiger partial charge in [0.1, 0.15) is 0 Å². The third-order valence-electron chi connectivity index (χ3n) is 7.07. The zero-order valence-corrected chi connectivity index (χ0v) is 21.8. The molecule has 0 N–H and O–H groups in total. The summed E-state index contributed by atoms with van der Waals surface area (Å²) in [7, 11) is 0. The van der Waals surface area contributed by atoms with Crippen LogP contribution in [0.15, 0.2) is 121 Å². The van der Waals surface area contributed by atoms with Crippen molar-refractivity contribution in [3.63, 3.8) is 0 Å². The second-order valence-corrected chi connectivity index (χ2v) is 9.36. The van der Waals surface area contributed by atoms with Gasteiger partial charge in [0.15, 0.2) is 11.6 Å². The number of carbonyl (C=O) groups is 2. The SMILES string of the molecule is CCc1cc(-c2cccc(-c3ccccc3)c2)c(C(=O)c2ccccc2)c(C(=O)c2ccccc2)c1CC. The van der Waals surface area contributed by atoms with Crippen molar-refractivity contribution in [3.8, 4) is 22.3 Å². The first kappa shape index (κ1) is 25.1. The van der Waals surface area contributed by atoms with E-state index < -0.39 is 0 Å². The molecule has 0 radical (unpaired) electrons. The van der Waals surface area contributed by atoms with E-state index in [1.807, 2.05) is 91.0 Å². The Hall–Kier alpha value is -4.56. The molecule has 0 atom stereocenters. The quantitative estimate of drug-likeness (QED) is 0.202. The zero-order valence-electron chi connectivity index (χ0n) is 21.8. The number of rotatable bonds is 8. The van der Waals surface area contributed by atoms with E-state index in [0.29, 0.717) is 28.7 Å². The second kappa shape index (κ2) is 11.2. The minimum Gasteiger partial charge on any atom is -0.289 e. The fourth-order valence-electron chi connectivity index (χ4n) is 5.18. The summed E-state index contributed by atoms with van der Waals surface area (Å²) >= 11 is 0. The summed E-state index contributed by atoms with van der Waals surface area (Å²) in [4.78, 5) is 28.4. The summed E-state index contributed by atoms with van der Waals surface area (Å²) in [5, 5.41) is 0. The van der Waals surface area contributed by atoms with Crippen molar-refractivity contribution in [1.82, 2.24) is 0 Å². The Morgan fingerprint density at radius 2 is 1.00 bits per heavy atom. The van der Waals surface area contributed by atoms with Crippen LogP contribution in [0.2, 0.25) is 0 Å². The smallest absolute Gasteiger partial charge is 0.194 e. The molecule has 0 aromatic heterocycles. The molecule has 5 aromatic rings. The maximum Gasteiger partial charge on any atom is 0.194 e. The van der Waals surface area contributed by atoms with E-state index >= 15 is 0 Å². The molecule has 5 aromatic carbocycles. The molecule has 2 nitrogen and oxygen atoms in total. The average Bonchev–Trinajstić information content (AvgIpc) is 3.00. The van der Waals surface area contributed by atoms with Gasteiger partial charge in [-0.2, -0.15) is 0 Å². The summed E-state index contributed by atoms with van der Waals surface area (Å²) in [6, 6.07) is 39.1. The third-order valence-corrected chi connectivity index (χ3v) is 7.07. The minimum absolute atomic E-state index is 0.113. The second-order valence-electron chi connectivity index (χ2n) is 9.36. The molecule has 0 bridgehead atoms. The number of ketones is 2. The van der Waals surface area contributed by atoms with Gasteiger partial charge >= 0.3 is 0 Å². The summed E-state index contributed by atoms with van der Waals surface area (Å²) < 4.78 is 0. The molecule has 2 heteroatoms. The Labute approximate surface area is 224 Å². The molecule has 0 saturated heterocycles. The van der Waals surface area contributed by atoms with Crippen molar-refractivity contribution in [2.75, 3.05) is 0 Å². The largest absolute Gasteiger partial charge is 0.289 e. The summed E-state index contributed by atoms with van der Waals surface area (Å²) in [5.41, 5.74) is 8.08. The molecule has 0 heterocycles. The zero-order chi connectivity index (χ0) is 26.5. The topological polar surface area (TPSA) is 34.1 Å². The first-order chi connectivity index (χ1) is 18.6. The van der Waals surface area contributed by atoms with Crippen molar-refractivity contribution in [2.45, 2.75) is 26.7 Å². The highest BCUT2D eigenvalue weighted by atomic mass is 16.1. The summed E-state index contributed by atoms with van der Waals surface area (Å²) in [6.45, 7) is 4.16. The molecule has 0 spiro atoms. The number of carbonyl (C=O) groups excluding carboxylic acids is 2. The summed E-state index contributed by atoms with van der Waals surface area (Å²) in [5.74, 6) is -0.250. The third kappa shape index (κ3) is 4.86. The van der Waals surface area contributed by atoms with E-state index in [2.05, 4.69) is 44.2 Å². The number of aryl methyl sites for hydroxylation is 1. The fraction of sp³-hybridized carbons (Fsp3) is 0.111. The molecule has 0 saturated carbocycles. The number of benzene rings is 5. The van der Waals surface area contributed by atoms with Gasteiger partial charge in [-0.3, -0.25) is 9.59 Å². The van der Waals surface area contributed by atoms with E-state index in [9.17, 15) is 9.59 Å². The molecule has 0 aliphatic rings. The predicted molar refractivity (Wildman–Crippen MR) is 156 cm³/mol. The van der Waals surface area contributed by atoms with Crippen molar-refractivity contribution >= 4 is 11.6 Å². The van der Waals surface area contributed by atoms with Crippen LogP contribution < -0.4 is 0 Å². The van der Waals surface area contributed by atoms with Gasteiger partial charge in [0.25, 0.3) is 0 Å². The molecule has 38 heavy (non-hydrogen) atoms. The van der Waals surface area contributed by atoms with Crippen LogP contribution >= 0.6 is 0 Å². The van der Waals surface area contributed by atoms with E-state index in [-0.39, 0.29) is 11.6 Å². The Morgan fingerprint density at radius 3 is 1.55 bits per heavy atom. The van der Waals surface area contributed by atoms with Crippen LogP contribution in [0.5, 0.6) is 0 Å². The Kier molecular flexibility index (Phi) is 7.42. The van der Waals surface area contributed by atoms with E-state index in [4.69, 9.17) is 0 Å². The van der Waals surface area contributed by atoms with Gasteiger partial charge in [0.05, 0.1) is 0 Å². The Morgan fingerprint density at radius 1 is 0.500 bits per heavy atom. The minimum atomic E-state index is -0.137. The molecule has 0 aliphatic heterocycles. The van der Waals surface area contributed by atoms with Crippen molar-refractivity contribution in [1.29, 1.82) is 0 Å². The lowest BCUT2D eigenvalue weighted by Gasteiger charge is -2.21. The first-order valence-electron chi connectivity index (χ1n) is 13.2. The van der Waals surface area contributed by atoms with Crippen LogP contribution in [0.4, 0.5) is 0 Å². The Balaban J connectivity index is 1.83. The number of hydrogen-bond donors (Lipinski definition) is 0. The van der Waals surface area contributed by atoms with Crippen LogP contribution in [0.3, 0.4) is 0 Å².